The van der Waals surface area contributed by atoms with Crippen molar-refractivity contribution in [1.29, 1.82) is 0 Å². The number of thioether (sulfide) groups is 1. The van der Waals surface area contributed by atoms with Crippen LogP contribution in [0.1, 0.15) is 40.9 Å². The van der Waals surface area contributed by atoms with Crippen molar-refractivity contribution in [3.05, 3.63) is 64.7 Å². The number of hydrogen-bond donors (Lipinski definition) is 0. The Balaban J connectivity index is 2.19. The normalized spacial score (nSPS) is 12.0. The zero-order chi connectivity index (χ0) is 20.2. The Kier molecular flexibility index (Phi) is 7.44. The van der Waals surface area contributed by atoms with Gasteiger partial charge in [0.15, 0.2) is 5.78 Å². The third-order valence-corrected chi connectivity index (χ3v) is 5.97. The van der Waals surface area contributed by atoms with Crippen LogP contribution in [-0.2, 0) is 0 Å². The van der Waals surface area contributed by atoms with Gasteiger partial charge in [-0.1, -0.05) is 43.1 Å². The molecule has 0 N–H and O–H groups in total. The lowest BCUT2D eigenvalue weighted by Crippen LogP contribution is -2.29. The van der Waals surface area contributed by atoms with Crippen LogP contribution in [0.25, 0.3) is 6.08 Å². The highest BCUT2D eigenvalue weighted by molar-refractivity contribution is 7.98. The molecule has 27 heavy (non-hydrogen) atoms. The largest absolute Gasteiger partial charge is 0.457 e. The minimum atomic E-state index is -1.29. The van der Waals surface area contributed by atoms with Gasteiger partial charge in [-0.25, -0.2) is 0 Å². The van der Waals surface area contributed by atoms with Crippen LogP contribution < -0.4 is 4.74 Å². The molecular formula is C22H24Cl2O2S. The number of hydrogen-bond acceptors (Lipinski definition) is 3. The Morgan fingerprint density at radius 3 is 2.15 bits per heavy atom. The van der Waals surface area contributed by atoms with Crippen molar-refractivity contribution >= 4 is 46.8 Å². The number of carbonyl (C=O) groups excluding carboxylic acids is 1. The molecular weight excluding hydrogens is 399 g/mol. The molecule has 0 spiro atoms. The van der Waals surface area contributed by atoms with Gasteiger partial charge in [-0.3, -0.25) is 4.79 Å². The predicted molar refractivity (Wildman–Crippen MR) is 117 cm³/mol. The van der Waals surface area contributed by atoms with E-state index in [1.54, 1.807) is 17.8 Å². The van der Waals surface area contributed by atoms with Gasteiger partial charge in [-0.05, 0) is 79.3 Å². The van der Waals surface area contributed by atoms with Crippen molar-refractivity contribution in [2.75, 3.05) is 6.26 Å². The number of aryl methyl sites for hydroxylation is 2. The van der Waals surface area contributed by atoms with Crippen LogP contribution in [-0.4, -0.2) is 16.6 Å². The fourth-order valence-electron chi connectivity index (χ4n) is 2.52. The molecule has 0 aliphatic rings. The van der Waals surface area contributed by atoms with E-state index >= 15 is 0 Å². The summed E-state index contributed by atoms with van der Waals surface area (Å²) in [5, 5.41) is 0. The van der Waals surface area contributed by atoms with Crippen LogP contribution in [0.5, 0.6) is 5.75 Å². The Bertz CT molecular complexity index is 817. The quantitative estimate of drug-likeness (QED) is 0.206. The first-order valence-corrected chi connectivity index (χ1v) is 10.7. The highest BCUT2D eigenvalue weighted by atomic mass is 35.5. The first kappa shape index (κ1) is 21.9. The molecule has 0 aromatic heterocycles. The van der Waals surface area contributed by atoms with E-state index in [0.29, 0.717) is 11.3 Å². The monoisotopic (exact) mass is 422 g/mol. The molecule has 2 aromatic rings. The Hall–Kier alpha value is -1.42. The molecule has 2 aromatic carbocycles. The highest BCUT2D eigenvalue weighted by Crippen LogP contribution is 2.37. The van der Waals surface area contributed by atoms with Crippen LogP contribution in [0, 0.1) is 19.8 Å². The molecule has 0 saturated heterocycles. The maximum absolute atomic E-state index is 12.4. The lowest BCUT2D eigenvalue weighted by Gasteiger charge is -2.27. The van der Waals surface area contributed by atoms with Crippen molar-refractivity contribution in [1.82, 2.24) is 0 Å². The highest BCUT2D eigenvalue weighted by Gasteiger charge is 2.31. The third-order valence-electron chi connectivity index (χ3n) is 4.19. The van der Waals surface area contributed by atoms with Crippen molar-refractivity contribution in [3.8, 4) is 5.75 Å². The molecule has 0 amide bonds. The van der Waals surface area contributed by atoms with E-state index in [2.05, 4.69) is 0 Å². The Labute approximate surface area is 175 Å². The van der Waals surface area contributed by atoms with E-state index in [1.165, 1.54) is 0 Å². The van der Waals surface area contributed by atoms with Gasteiger partial charge < -0.3 is 4.74 Å². The molecule has 0 heterocycles. The van der Waals surface area contributed by atoms with Gasteiger partial charge in [0.2, 0.25) is 0 Å². The number of benzene rings is 2. The molecule has 0 saturated carbocycles. The molecule has 0 fully saturated rings. The first-order chi connectivity index (χ1) is 12.6. The van der Waals surface area contributed by atoms with E-state index in [4.69, 9.17) is 27.9 Å². The van der Waals surface area contributed by atoms with Crippen molar-refractivity contribution in [2.24, 2.45) is 5.92 Å². The van der Waals surface area contributed by atoms with Crippen LogP contribution in [0.15, 0.2) is 47.4 Å². The maximum atomic E-state index is 12.4. The van der Waals surface area contributed by atoms with E-state index in [0.717, 1.165) is 21.6 Å². The van der Waals surface area contributed by atoms with Gasteiger partial charge >= 0.3 is 0 Å². The van der Waals surface area contributed by atoms with Gasteiger partial charge in [-0.15, -0.1) is 11.8 Å². The third kappa shape index (κ3) is 5.78. The molecule has 0 unspecified atom stereocenters. The zero-order valence-electron chi connectivity index (χ0n) is 16.2. The number of rotatable bonds is 7. The molecule has 0 radical (unpaired) electrons. The number of ether oxygens (including phenoxy) is 1. The average Bonchev–Trinajstić information content (AvgIpc) is 2.62. The molecule has 144 valence electrons. The second kappa shape index (κ2) is 9.18. The molecule has 5 heteroatoms. The number of allylic oxidation sites excluding steroid dienone is 1. The molecule has 0 atom stereocenters. The molecule has 0 aliphatic carbocycles. The Morgan fingerprint density at radius 2 is 1.67 bits per heavy atom. The maximum Gasteiger partial charge on any atom is 0.260 e. The van der Waals surface area contributed by atoms with Crippen LogP contribution >= 0.6 is 35.0 Å². The van der Waals surface area contributed by atoms with Gasteiger partial charge in [-0.2, -0.15) is 0 Å². The average molecular weight is 423 g/mol. The Morgan fingerprint density at radius 1 is 1.11 bits per heavy atom. The second-order valence-electron chi connectivity index (χ2n) is 6.73. The summed E-state index contributed by atoms with van der Waals surface area (Å²) in [7, 11) is 0. The summed E-state index contributed by atoms with van der Waals surface area (Å²) in [4.78, 5) is 13.5. The fraction of sp³-hybridized carbons (Fsp3) is 0.318. The zero-order valence-corrected chi connectivity index (χ0v) is 18.5. The van der Waals surface area contributed by atoms with Gasteiger partial charge in [0.25, 0.3) is 4.52 Å². The summed E-state index contributed by atoms with van der Waals surface area (Å²) in [6.45, 7) is 7.68. The lowest BCUT2D eigenvalue weighted by molar-refractivity contribution is 0.104. The van der Waals surface area contributed by atoms with Crippen molar-refractivity contribution in [2.45, 2.75) is 37.1 Å². The SMILES string of the molecule is CSc1ccc(C(=O)/C=C/c2cc(C)c(OC(Cl)(Cl)C(C)C)c(C)c2)cc1. The van der Waals surface area contributed by atoms with Crippen molar-refractivity contribution < 1.29 is 9.53 Å². The summed E-state index contributed by atoms with van der Waals surface area (Å²) in [6, 6.07) is 11.5. The standard InChI is InChI=1S/C22H24Cl2O2S/c1-14(2)22(23,24)26-21-15(3)12-17(13-16(21)4)6-11-20(25)18-7-9-19(27-5)10-8-18/h6-14H,1-5H3/b11-6+. The topological polar surface area (TPSA) is 26.3 Å². The lowest BCUT2D eigenvalue weighted by atomic mass is 10.0. The van der Waals surface area contributed by atoms with E-state index in [1.807, 2.05) is 76.4 Å². The minimum Gasteiger partial charge on any atom is -0.457 e. The van der Waals surface area contributed by atoms with Crippen LogP contribution in [0.4, 0.5) is 0 Å². The van der Waals surface area contributed by atoms with Crippen molar-refractivity contribution in [3.63, 3.8) is 0 Å². The summed E-state index contributed by atoms with van der Waals surface area (Å²) in [5.41, 5.74) is 3.42. The summed E-state index contributed by atoms with van der Waals surface area (Å²) >= 11 is 14.2. The number of alkyl halides is 2. The summed E-state index contributed by atoms with van der Waals surface area (Å²) in [6.07, 6.45) is 5.41. The molecule has 2 rings (SSSR count). The van der Waals surface area contributed by atoms with Gasteiger partial charge in [0.1, 0.15) is 5.75 Å². The van der Waals surface area contributed by atoms with E-state index in [-0.39, 0.29) is 11.7 Å². The smallest absolute Gasteiger partial charge is 0.260 e. The van der Waals surface area contributed by atoms with Gasteiger partial charge in [0.05, 0.1) is 0 Å². The predicted octanol–water partition coefficient (Wildman–Crippen LogP) is 7.09. The summed E-state index contributed by atoms with van der Waals surface area (Å²) < 4.78 is 4.55. The molecule has 0 bridgehead atoms. The molecule has 2 nitrogen and oxygen atoms in total. The van der Waals surface area contributed by atoms with E-state index < -0.39 is 4.52 Å². The van der Waals surface area contributed by atoms with Crippen LogP contribution in [0.2, 0.25) is 0 Å². The minimum absolute atomic E-state index is 0.0290. The van der Waals surface area contributed by atoms with Gasteiger partial charge in [0, 0.05) is 16.4 Å². The molecule has 0 aliphatic heterocycles. The second-order valence-corrected chi connectivity index (χ2v) is 8.92. The van der Waals surface area contributed by atoms with Crippen LogP contribution in [0.3, 0.4) is 0 Å². The first-order valence-electron chi connectivity index (χ1n) is 8.68. The summed E-state index contributed by atoms with van der Waals surface area (Å²) in [5.74, 6) is 0.581. The number of ketones is 1. The fourth-order valence-corrected chi connectivity index (χ4v) is 3.08. The number of halogens is 2. The number of carbonyl (C=O) groups is 1. The van der Waals surface area contributed by atoms with E-state index in [9.17, 15) is 4.79 Å².